The van der Waals surface area contributed by atoms with Gasteiger partial charge in [0.2, 0.25) is 0 Å². The molecule has 0 heterocycles. The second-order valence-electron chi connectivity index (χ2n) is 5.59. The van der Waals surface area contributed by atoms with Crippen LogP contribution < -0.4 is 9.47 Å². The highest BCUT2D eigenvalue weighted by molar-refractivity contribution is 6.04. The van der Waals surface area contributed by atoms with Crippen molar-refractivity contribution in [3.05, 3.63) is 23.3 Å². The molecule has 0 atom stereocenters. The van der Waals surface area contributed by atoms with E-state index in [9.17, 15) is 14.7 Å². The molecule has 5 heteroatoms. The number of benzene rings is 1. The van der Waals surface area contributed by atoms with Crippen molar-refractivity contribution in [2.24, 2.45) is 5.41 Å². The Hall–Kier alpha value is -2.04. The monoisotopic (exact) mass is 294 g/mol. The molecule has 1 rings (SSSR count). The molecule has 0 radical (unpaired) electrons. The van der Waals surface area contributed by atoms with Crippen LogP contribution in [0.3, 0.4) is 0 Å². The number of carboxylic acid groups (broad SMARTS) is 1. The van der Waals surface area contributed by atoms with Crippen molar-refractivity contribution < 1.29 is 24.2 Å². The van der Waals surface area contributed by atoms with E-state index in [1.807, 2.05) is 0 Å². The van der Waals surface area contributed by atoms with Crippen LogP contribution in [-0.2, 0) is 0 Å². The quantitative estimate of drug-likeness (QED) is 0.814. The second kappa shape index (κ2) is 6.61. The van der Waals surface area contributed by atoms with E-state index < -0.39 is 11.4 Å². The molecular formula is C16H22O5. The number of ether oxygens (including phenoxy) is 2. The Kier molecular flexibility index (Phi) is 5.35. The zero-order chi connectivity index (χ0) is 16.2. The molecule has 0 spiro atoms. The Morgan fingerprint density at radius 2 is 1.48 bits per heavy atom. The molecule has 0 aliphatic rings. The molecule has 0 unspecified atom stereocenters. The molecule has 0 aliphatic heterocycles. The Labute approximate surface area is 124 Å². The van der Waals surface area contributed by atoms with E-state index in [1.54, 1.807) is 34.6 Å². The summed E-state index contributed by atoms with van der Waals surface area (Å²) < 4.78 is 10.8. The molecule has 21 heavy (non-hydrogen) atoms. The van der Waals surface area contributed by atoms with Crippen LogP contribution in [0.2, 0.25) is 0 Å². The number of aromatic carboxylic acids is 1. The molecule has 116 valence electrons. The third kappa shape index (κ3) is 3.97. The van der Waals surface area contributed by atoms with E-state index >= 15 is 0 Å². The first-order valence-corrected chi connectivity index (χ1v) is 6.94. The van der Waals surface area contributed by atoms with Gasteiger partial charge in [-0.15, -0.1) is 0 Å². The maximum Gasteiger partial charge on any atom is 0.339 e. The normalized spacial score (nSPS) is 11.1. The van der Waals surface area contributed by atoms with Crippen LogP contribution in [0.25, 0.3) is 0 Å². The van der Waals surface area contributed by atoms with Crippen molar-refractivity contribution >= 4 is 11.8 Å². The van der Waals surface area contributed by atoms with Crippen molar-refractivity contribution in [3.63, 3.8) is 0 Å². The van der Waals surface area contributed by atoms with E-state index in [4.69, 9.17) is 9.47 Å². The summed E-state index contributed by atoms with van der Waals surface area (Å²) in [6.45, 7) is 9.61. The molecule has 5 nitrogen and oxygen atoms in total. The minimum atomic E-state index is -1.13. The van der Waals surface area contributed by atoms with Gasteiger partial charge in [0.05, 0.1) is 18.8 Å². The van der Waals surface area contributed by atoms with Crippen molar-refractivity contribution in [3.8, 4) is 11.5 Å². The highest BCUT2D eigenvalue weighted by atomic mass is 16.5. The third-order valence-corrected chi connectivity index (χ3v) is 2.84. The van der Waals surface area contributed by atoms with Crippen molar-refractivity contribution in [2.75, 3.05) is 13.2 Å². The van der Waals surface area contributed by atoms with Gasteiger partial charge in [0, 0.05) is 11.5 Å². The molecule has 0 saturated heterocycles. The standard InChI is InChI=1S/C16H22O5/c1-6-20-12-9-13(21-7-2)11(15(18)19)8-10(12)14(17)16(3,4)5/h8-9H,6-7H2,1-5H3,(H,18,19). The lowest BCUT2D eigenvalue weighted by Crippen LogP contribution is -2.22. The van der Waals surface area contributed by atoms with Gasteiger partial charge in [-0.1, -0.05) is 20.8 Å². The minimum absolute atomic E-state index is 0.0343. The van der Waals surface area contributed by atoms with Crippen LogP contribution in [0.1, 0.15) is 55.3 Å². The summed E-state index contributed by atoms with van der Waals surface area (Å²) in [5.74, 6) is -0.745. The summed E-state index contributed by atoms with van der Waals surface area (Å²) in [5, 5.41) is 9.29. The number of ketones is 1. The molecule has 0 saturated carbocycles. The van der Waals surface area contributed by atoms with E-state index in [0.29, 0.717) is 19.0 Å². The largest absolute Gasteiger partial charge is 0.493 e. The van der Waals surface area contributed by atoms with Gasteiger partial charge in [0.25, 0.3) is 0 Å². The van der Waals surface area contributed by atoms with Gasteiger partial charge in [-0.05, 0) is 19.9 Å². The minimum Gasteiger partial charge on any atom is -0.493 e. The average Bonchev–Trinajstić information content (AvgIpc) is 2.37. The zero-order valence-electron chi connectivity index (χ0n) is 13.1. The fourth-order valence-corrected chi connectivity index (χ4v) is 1.86. The van der Waals surface area contributed by atoms with Crippen LogP contribution in [0, 0.1) is 5.41 Å². The lowest BCUT2D eigenvalue weighted by atomic mass is 9.85. The number of hydrogen-bond acceptors (Lipinski definition) is 4. The number of hydrogen-bond donors (Lipinski definition) is 1. The summed E-state index contributed by atoms with van der Waals surface area (Å²) in [5.41, 5.74) is -0.396. The highest BCUT2D eigenvalue weighted by Crippen LogP contribution is 2.33. The molecule has 0 aromatic heterocycles. The fraction of sp³-hybridized carbons (Fsp3) is 0.500. The molecule has 0 bridgehead atoms. The SMILES string of the molecule is CCOc1cc(OCC)c(C(=O)C(C)(C)C)cc1C(=O)O. The Bertz CT molecular complexity index is 540. The number of Topliss-reactive ketones (excluding diaryl/α,β-unsaturated/α-hetero) is 1. The molecule has 0 aliphatic carbocycles. The summed E-state index contributed by atoms with van der Waals surface area (Å²) in [6.07, 6.45) is 0. The van der Waals surface area contributed by atoms with Crippen LogP contribution in [0.5, 0.6) is 11.5 Å². The fourth-order valence-electron chi connectivity index (χ4n) is 1.86. The van der Waals surface area contributed by atoms with E-state index in [0.717, 1.165) is 0 Å². The van der Waals surface area contributed by atoms with Gasteiger partial charge in [-0.3, -0.25) is 4.79 Å². The summed E-state index contributed by atoms with van der Waals surface area (Å²) in [6, 6.07) is 2.82. The zero-order valence-corrected chi connectivity index (χ0v) is 13.1. The molecule has 1 aromatic carbocycles. The lowest BCUT2D eigenvalue weighted by molar-refractivity contribution is 0.0692. The van der Waals surface area contributed by atoms with Gasteiger partial charge in [0.15, 0.2) is 5.78 Å². The second-order valence-corrected chi connectivity index (χ2v) is 5.59. The van der Waals surface area contributed by atoms with Gasteiger partial charge in [-0.25, -0.2) is 4.79 Å². The van der Waals surface area contributed by atoms with E-state index in [-0.39, 0.29) is 22.7 Å². The van der Waals surface area contributed by atoms with Gasteiger partial charge >= 0.3 is 5.97 Å². The van der Waals surface area contributed by atoms with Crippen LogP contribution in [-0.4, -0.2) is 30.1 Å². The number of carbonyl (C=O) groups is 2. The summed E-state index contributed by atoms with van der Waals surface area (Å²) in [4.78, 5) is 23.9. The predicted molar refractivity (Wildman–Crippen MR) is 79.5 cm³/mol. The third-order valence-electron chi connectivity index (χ3n) is 2.84. The van der Waals surface area contributed by atoms with Crippen molar-refractivity contribution in [1.29, 1.82) is 0 Å². The van der Waals surface area contributed by atoms with Gasteiger partial charge in [-0.2, -0.15) is 0 Å². The van der Waals surface area contributed by atoms with Crippen LogP contribution in [0.4, 0.5) is 0 Å². The first kappa shape index (κ1) is 17.0. The molecular weight excluding hydrogens is 272 g/mol. The number of rotatable bonds is 6. The lowest BCUT2D eigenvalue weighted by Gasteiger charge is -2.20. The summed E-state index contributed by atoms with van der Waals surface area (Å²) >= 11 is 0. The first-order chi connectivity index (χ1) is 9.72. The number of carboxylic acids is 1. The first-order valence-electron chi connectivity index (χ1n) is 6.94. The maximum absolute atomic E-state index is 12.5. The van der Waals surface area contributed by atoms with Crippen molar-refractivity contribution in [2.45, 2.75) is 34.6 Å². The van der Waals surface area contributed by atoms with E-state index in [1.165, 1.54) is 12.1 Å². The Morgan fingerprint density at radius 1 is 1.00 bits per heavy atom. The highest BCUT2D eigenvalue weighted by Gasteiger charge is 2.28. The molecule has 1 N–H and O–H groups in total. The molecule has 0 fully saturated rings. The molecule has 1 aromatic rings. The number of carbonyl (C=O) groups excluding carboxylic acids is 1. The average molecular weight is 294 g/mol. The van der Waals surface area contributed by atoms with Crippen molar-refractivity contribution in [1.82, 2.24) is 0 Å². The van der Waals surface area contributed by atoms with Crippen LogP contribution in [0.15, 0.2) is 12.1 Å². The predicted octanol–water partition coefficient (Wildman–Crippen LogP) is 3.41. The van der Waals surface area contributed by atoms with Crippen LogP contribution >= 0.6 is 0 Å². The smallest absolute Gasteiger partial charge is 0.339 e. The summed E-state index contributed by atoms with van der Waals surface area (Å²) in [7, 11) is 0. The van der Waals surface area contributed by atoms with Gasteiger partial charge in [0.1, 0.15) is 17.1 Å². The molecule has 0 amide bonds. The van der Waals surface area contributed by atoms with E-state index in [2.05, 4.69) is 0 Å². The maximum atomic E-state index is 12.5. The Balaban J connectivity index is 3.50. The van der Waals surface area contributed by atoms with Gasteiger partial charge < -0.3 is 14.6 Å². The Morgan fingerprint density at radius 3 is 1.86 bits per heavy atom. The topological polar surface area (TPSA) is 72.8 Å².